The summed E-state index contributed by atoms with van der Waals surface area (Å²) < 4.78 is 7.92. The van der Waals surface area contributed by atoms with Gasteiger partial charge in [-0.15, -0.1) is 0 Å². The van der Waals surface area contributed by atoms with Gasteiger partial charge in [-0.2, -0.15) is 5.10 Å². The molecule has 1 N–H and O–H groups in total. The van der Waals surface area contributed by atoms with Crippen LogP contribution in [0.2, 0.25) is 0 Å². The molecular weight excluding hydrogens is 466 g/mol. The molecule has 0 bridgehead atoms. The van der Waals surface area contributed by atoms with Gasteiger partial charge in [0.2, 0.25) is 0 Å². The van der Waals surface area contributed by atoms with Gasteiger partial charge in [0.25, 0.3) is 5.91 Å². The number of nitrogens with one attached hydrogen (secondary N) is 1. The van der Waals surface area contributed by atoms with Crippen molar-refractivity contribution in [1.29, 1.82) is 0 Å². The van der Waals surface area contributed by atoms with Crippen molar-refractivity contribution in [2.45, 2.75) is 32.2 Å². The zero-order valence-electron chi connectivity index (χ0n) is 20.8. The smallest absolute Gasteiger partial charge is 0.298 e. The quantitative estimate of drug-likeness (QED) is 0.414. The third-order valence-corrected chi connectivity index (χ3v) is 7.32. The van der Waals surface area contributed by atoms with Crippen LogP contribution in [0.5, 0.6) is 11.5 Å². The van der Waals surface area contributed by atoms with Crippen molar-refractivity contribution in [3.8, 4) is 34.7 Å². The van der Waals surface area contributed by atoms with E-state index in [-0.39, 0.29) is 17.4 Å². The number of benzene rings is 1. The van der Waals surface area contributed by atoms with Crippen LogP contribution in [0.3, 0.4) is 0 Å². The molecule has 0 atom stereocenters. The standard InChI is InChI=1S/C28H27N7O2/c1-3-7-23(36)34-13-12-28(17-34)14-19(15-28)35-27-24(26(29-2)31-18-32-27)25(33-35)22-11-10-21(16-30-22)37-20-8-5-4-6-9-20/h4-6,8-11,16,18-19H,12-15,17H2,1-2H3,(H,29,31,32). The van der Waals surface area contributed by atoms with Gasteiger partial charge in [-0.25, -0.2) is 14.6 Å². The molecule has 3 aromatic heterocycles. The first-order valence-corrected chi connectivity index (χ1v) is 12.4. The van der Waals surface area contributed by atoms with E-state index in [1.54, 1.807) is 19.4 Å². The summed E-state index contributed by atoms with van der Waals surface area (Å²) >= 11 is 0. The first kappa shape index (κ1) is 23.0. The van der Waals surface area contributed by atoms with Crippen molar-refractivity contribution >= 4 is 22.8 Å². The molecule has 37 heavy (non-hydrogen) atoms. The number of likely N-dealkylation sites (tertiary alicyclic amines) is 1. The van der Waals surface area contributed by atoms with Crippen LogP contribution in [-0.2, 0) is 4.79 Å². The molecule has 9 nitrogen and oxygen atoms in total. The number of aromatic nitrogens is 5. The van der Waals surface area contributed by atoms with E-state index in [1.165, 1.54) is 0 Å². The molecule has 1 aliphatic heterocycles. The van der Waals surface area contributed by atoms with Gasteiger partial charge in [0.15, 0.2) is 5.65 Å². The second-order valence-electron chi connectivity index (χ2n) is 9.67. The molecule has 1 saturated carbocycles. The normalized spacial score (nSPS) is 20.4. The van der Waals surface area contributed by atoms with Crippen LogP contribution in [0.1, 0.15) is 32.2 Å². The van der Waals surface area contributed by atoms with Crippen LogP contribution in [0, 0.1) is 17.3 Å². The molecule has 1 aliphatic carbocycles. The minimum absolute atomic E-state index is 0.0770. The number of hydrogen-bond acceptors (Lipinski definition) is 7. The van der Waals surface area contributed by atoms with Crippen molar-refractivity contribution in [2.24, 2.45) is 5.41 Å². The first-order chi connectivity index (χ1) is 18.1. The number of rotatable bonds is 5. The Hall–Kier alpha value is -4.45. The van der Waals surface area contributed by atoms with E-state index in [0.29, 0.717) is 11.6 Å². The van der Waals surface area contributed by atoms with Gasteiger partial charge in [0.05, 0.1) is 23.3 Å². The number of anilines is 1. The van der Waals surface area contributed by atoms with Gasteiger partial charge in [0.1, 0.15) is 29.3 Å². The number of para-hydroxylation sites is 1. The minimum Gasteiger partial charge on any atom is -0.456 e. The topological polar surface area (TPSA) is 98.1 Å². The summed E-state index contributed by atoms with van der Waals surface area (Å²) in [5.74, 6) is 7.43. The number of fused-ring (bicyclic) bond motifs is 1. The number of amides is 1. The Morgan fingerprint density at radius 3 is 2.68 bits per heavy atom. The molecule has 1 spiro atoms. The van der Waals surface area contributed by atoms with Crippen molar-refractivity contribution in [2.75, 3.05) is 25.5 Å². The summed E-state index contributed by atoms with van der Waals surface area (Å²) in [6.45, 7) is 3.21. The highest BCUT2D eigenvalue weighted by molar-refractivity contribution is 5.98. The lowest BCUT2D eigenvalue weighted by Gasteiger charge is -2.45. The molecule has 0 radical (unpaired) electrons. The fraction of sp³-hybridized carbons (Fsp3) is 0.321. The van der Waals surface area contributed by atoms with Crippen molar-refractivity contribution in [3.63, 3.8) is 0 Å². The molecule has 0 unspecified atom stereocenters. The van der Waals surface area contributed by atoms with Crippen LogP contribution in [0.25, 0.3) is 22.4 Å². The van der Waals surface area contributed by atoms with Gasteiger partial charge in [-0.05, 0) is 61.8 Å². The maximum absolute atomic E-state index is 12.3. The summed E-state index contributed by atoms with van der Waals surface area (Å²) in [6.07, 6.45) is 6.16. The van der Waals surface area contributed by atoms with E-state index in [2.05, 4.69) is 32.1 Å². The fourth-order valence-electron chi connectivity index (χ4n) is 5.54. The SMILES string of the molecule is CC#CC(=O)N1CCC2(CC(n3nc(-c4ccc(Oc5ccccc5)cn4)c4c(NC)ncnc43)C2)C1. The minimum atomic E-state index is -0.0770. The van der Waals surface area contributed by atoms with Crippen LogP contribution in [-0.4, -0.2) is 55.7 Å². The monoisotopic (exact) mass is 493 g/mol. The van der Waals surface area contributed by atoms with E-state index in [4.69, 9.17) is 9.84 Å². The lowest BCUT2D eigenvalue weighted by atomic mass is 9.65. The average molecular weight is 494 g/mol. The third-order valence-electron chi connectivity index (χ3n) is 7.32. The predicted molar refractivity (Wildman–Crippen MR) is 140 cm³/mol. The van der Waals surface area contributed by atoms with Gasteiger partial charge < -0.3 is 15.0 Å². The van der Waals surface area contributed by atoms with Crippen LogP contribution < -0.4 is 10.1 Å². The molecule has 6 rings (SSSR count). The summed E-state index contributed by atoms with van der Waals surface area (Å²) in [5, 5.41) is 9.03. The van der Waals surface area contributed by atoms with E-state index >= 15 is 0 Å². The number of carbonyl (C=O) groups excluding carboxylic acids is 1. The molecule has 2 fully saturated rings. The molecule has 1 saturated heterocycles. The van der Waals surface area contributed by atoms with E-state index in [9.17, 15) is 4.79 Å². The van der Waals surface area contributed by atoms with Crippen LogP contribution >= 0.6 is 0 Å². The Bertz CT molecular complexity index is 1510. The molecule has 4 aromatic rings. The summed E-state index contributed by atoms with van der Waals surface area (Å²) in [5.41, 5.74) is 2.36. The Kier molecular flexibility index (Phi) is 5.72. The van der Waals surface area contributed by atoms with Gasteiger partial charge in [-0.3, -0.25) is 9.78 Å². The van der Waals surface area contributed by atoms with Gasteiger partial charge in [-0.1, -0.05) is 24.1 Å². The van der Waals surface area contributed by atoms with Crippen molar-refractivity contribution in [3.05, 3.63) is 55.0 Å². The Balaban J connectivity index is 1.28. The number of carbonyl (C=O) groups is 1. The van der Waals surface area contributed by atoms with Crippen molar-refractivity contribution in [1.82, 2.24) is 29.6 Å². The van der Waals surface area contributed by atoms with Crippen molar-refractivity contribution < 1.29 is 9.53 Å². The van der Waals surface area contributed by atoms with Crippen LogP contribution in [0.4, 0.5) is 5.82 Å². The predicted octanol–water partition coefficient (Wildman–Crippen LogP) is 4.30. The Morgan fingerprint density at radius 2 is 1.95 bits per heavy atom. The molecule has 9 heteroatoms. The Morgan fingerprint density at radius 1 is 1.11 bits per heavy atom. The molecule has 4 heterocycles. The molecular formula is C28H27N7O2. The van der Waals surface area contributed by atoms with Gasteiger partial charge in [0, 0.05) is 20.1 Å². The zero-order valence-corrected chi connectivity index (χ0v) is 20.8. The molecule has 186 valence electrons. The van der Waals surface area contributed by atoms with E-state index in [0.717, 1.165) is 60.5 Å². The highest BCUT2D eigenvalue weighted by Gasteiger charge is 2.50. The molecule has 1 aromatic carbocycles. The fourth-order valence-corrected chi connectivity index (χ4v) is 5.54. The van der Waals surface area contributed by atoms with E-state index < -0.39 is 0 Å². The zero-order chi connectivity index (χ0) is 25.4. The van der Waals surface area contributed by atoms with E-state index in [1.807, 2.05) is 59.1 Å². The number of hydrogen-bond donors (Lipinski definition) is 1. The van der Waals surface area contributed by atoms with Gasteiger partial charge >= 0.3 is 0 Å². The Labute approximate surface area is 214 Å². The summed E-state index contributed by atoms with van der Waals surface area (Å²) in [6, 6.07) is 13.6. The second kappa shape index (κ2) is 9.21. The average Bonchev–Trinajstić information content (AvgIpc) is 3.52. The number of ether oxygens (including phenoxy) is 1. The first-order valence-electron chi connectivity index (χ1n) is 12.4. The molecule has 1 amide bonds. The summed E-state index contributed by atoms with van der Waals surface area (Å²) in [7, 11) is 1.84. The third kappa shape index (κ3) is 4.14. The number of nitrogens with zero attached hydrogens (tertiary/aromatic N) is 6. The lowest BCUT2D eigenvalue weighted by Crippen LogP contribution is -2.42. The van der Waals surface area contributed by atoms with Crippen LogP contribution in [0.15, 0.2) is 55.0 Å². The highest BCUT2D eigenvalue weighted by Crippen LogP contribution is 2.54. The number of pyridine rings is 1. The maximum atomic E-state index is 12.3. The second-order valence-corrected chi connectivity index (χ2v) is 9.67. The summed E-state index contributed by atoms with van der Waals surface area (Å²) in [4.78, 5) is 27.8. The highest BCUT2D eigenvalue weighted by atomic mass is 16.5. The maximum Gasteiger partial charge on any atom is 0.298 e. The molecule has 2 aliphatic rings. The lowest BCUT2D eigenvalue weighted by molar-refractivity contribution is -0.125. The largest absolute Gasteiger partial charge is 0.456 e.